The van der Waals surface area contributed by atoms with Gasteiger partial charge in [0.25, 0.3) is 5.92 Å². The van der Waals surface area contributed by atoms with Gasteiger partial charge in [-0.15, -0.1) is 0 Å². The van der Waals surface area contributed by atoms with Crippen molar-refractivity contribution in [2.24, 2.45) is 11.8 Å². The maximum absolute atomic E-state index is 13.2. The van der Waals surface area contributed by atoms with E-state index in [0.29, 0.717) is 0 Å². The second-order valence-electron chi connectivity index (χ2n) is 4.99. The lowest BCUT2D eigenvalue weighted by Gasteiger charge is -2.28. The molecule has 0 aliphatic carbocycles. The van der Waals surface area contributed by atoms with E-state index in [-0.39, 0.29) is 30.2 Å². The summed E-state index contributed by atoms with van der Waals surface area (Å²) in [5, 5.41) is 0. The maximum atomic E-state index is 13.2. The van der Waals surface area contributed by atoms with E-state index in [4.69, 9.17) is 0 Å². The average Bonchev–Trinajstić information content (AvgIpc) is 2.40. The third-order valence-corrected chi connectivity index (χ3v) is 2.86. The van der Waals surface area contributed by atoms with Gasteiger partial charge in [-0.1, -0.05) is 27.7 Å². The van der Waals surface area contributed by atoms with E-state index < -0.39 is 12.5 Å². The molecule has 88 valence electrons. The zero-order valence-electron chi connectivity index (χ0n) is 9.76. The van der Waals surface area contributed by atoms with E-state index in [1.807, 2.05) is 13.8 Å². The number of likely N-dealkylation sites (tertiary alicyclic amines) is 1. The molecule has 1 amide bonds. The SMILES string of the molecule is CC(C)C(=O)N1CC(F)(F)C[C@H]1C(C)C. The van der Waals surface area contributed by atoms with Crippen LogP contribution < -0.4 is 0 Å². The Balaban J connectivity index is 2.82. The van der Waals surface area contributed by atoms with Gasteiger partial charge >= 0.3 is 0 Å². The fourth-order valence-electron chi connectivity index (χ4n) is 2.02. The molecule has 0 aromatic rings. The minimum absolute atomic E-state index is 0.0843. The highest BCUT2D eigenvalue weighted by Crippen LogP contribution is 2.35. The largest absolute Gasteiger partial charge is 0.333 e. The molecule has 1 saturated heterocycles. The topological polar surface area (TPSA) is 20.3 Å². The number of hydrogen-bond donors (Lipinski definition) is 0. The highest BCUT2D eigenvalue weighted by Gasteiger charge is 2.48. The summed E-state index contributed by atoms with van der Waals surface area (Å²) in [5.41, 5.74) is 0. The van der Waals surface area contributed by atoms with Crippen LogP contribution in [-0.2, 0) is 4.79 Å². The van der Waals surface area contributed by atoms with Crippen LogP contribution in [-0.4, -0.2) is 29.3 Å². The molecule has 0 aromatic heterocycles. The smallest absolute Gasteiger partial charge is 0.267 e. The number of carbonyl (C=O) groups excluding carboxylic acids is 1. The predicted molar refractivity (Wildman–Crippen MR) is 54.7 cm³/mol. The lowest BCUT2D eigenvalue weighted by Crippen LogP contribution is -2.41. The van der Waals surface area contributed by atoms with Crippen LogP contribution in [0.5, 0.6) is 0 Å². The first-order valence-electron chi connectivity index (χ1n) is 5.43. The van der Waals surface area contributed by atoms with Crippen molar-refractivity contribution in [1.82, 2.24) is 4.90 Å². The van der Waals surface area contributed by atoms with Gasteiger partial charge in [0.2, 0.25) is 5.91 Å². The first-order valence-corrected chi connectivity index (χ1v) is 5.43. The predicted octanol–water partition coefficient (Wildman–Crippen LogP) is 2.53. The Kier molecular flexibility index (Phi) is 3.36. The summed E-state index contributed by atoms with van der Waals surface area (Å²) >= 11 is 0. The Morgan fingerprint density at radius 1 is 1.33 bits per heavy atom. The standard InChI is InChI=1S/C11H19F2NO/c1-7(2)9-5-11(12,13)6-14(9)10(15)8(3)4/h7-9H,5-6H2,1-4H3/t9-/m0/s1. The van der Waals surface area contributed by atoms with E-state index in [9.17, 15) is 13.6 Å². The Morgan fingerprint density at radius 2 is 1.87 bits per heavy atom. The van der Waals surface area contributed by atoms with Crippen LogP contribution in [0.4, 0.5) is 8.78 Å². The molecule has 0 aromatic carbocycles. The quantitative estimate of drug-likeness (QED) is 0.699. The molecule has 0 N–H and O–H groups in total. The van der Waals surface area contributed by atoms with E-state index >= 15 is 0 Å². The van der Waals surface area contributed by atoms with E-state index in [2.05, 4.69) is 0 Å². The van der Waals surface area contributed by atoms with Crippen molar-refractivity contribution in [1.29, 1.82) is 0 Å². The second kappa shape index (κ2) is 4.06. The van der Waals surface area contributed by atoms with Crippen molar-refractivity contribution in [2.45, 2.75) is 46.1 Å². The van der Waals surface area contributed by atoms with Gasteiger partial charge in [0.1, 0.15) is 0 Å². The van der Waals surface area contributed by atoms with Gasteiger partial charge in [0.05, 0.1) is 6.54 Å². The molecule has 1 heterocycles. The summed E-state index contributed by atoms with van der Waals surface area (Å²) in [7, 11) is 0. The van der Waals surface area contributed by atoms with Crippen molar-refractivity contribution < 1.29 is 13.6 Å². The zero-order valence-corrected chi connectivity index (χ0v) is 9.76. The summed E-state index contributed by atoms with van der Waals surface area (Å²) in [4.78, 5) is 13.1. The highest BCUT2D eigenvalue weighted by atomic mass is 19.3. The van der Waals surface area contributed by atoms with Crippen LogP contribution in [0.25, 0.3) is 0 Å². The molecule has 0 spiro atoms. The summed E-state index contributed by atoms with van der Waals surface area (Å²) in [5.74, 6) is -2.99. The lowest BCUT2D eigenvalue weighted by atomic mass is 10.0. The summed E-state index contributed by atoms with van der Waals surface area (Å²) in [6.45, 7) is 6.85. The van der Waals surface area contributed by atoms with Crippen molar-refractivity contribution in [3.8, 4) is 0 Å². The van der Waals surface area contributed by atoms with E-state index in [1.165, 1.54) is 4.90 Å². The monoisotopic (exact) mass is 219 g/mol. The molecule has 2 nitrogen and oxygen atoms in total. The van der Waals surface area contributed by atoms with Crippen molar-refractivity contribution >= 4 is 5.91 Å². The Labute approximate surface area is 89.6 Å². The molecule has 1 atom stereocenters. The van der Waals surface area contributed by atoms with Crippen LogP contribution in [0.1, 0.15) is 34.1 Å². The average molecular weight is 219 g/mol. The number of halogens is 2. The van der Waals surface area contributed by atoms with Crippen molar-refractivity contribution in [3.63, 3.8) is 0 Å². The first kappa shape index (κ1) is 12.4. The van der Waals surface area contributed by atoms with Gasteiger partial charge in [-0.3, -0.25) is 4.79 Å². The Bertz CT molecular complexity index is 251. The van der Waals surface area contributed by atoms with Gasteiger partial charge in [-0.05, 0) is 5.92 Å². The molecule has 1 fully saturated rings. The molecule has 0 saturated carbocycles. The van der Waals surface area contributed by atoms with Crippen LogP contribution in [0.3, 0.4) is 0 Å². The minimum Gasteiger partial charge on any atom is -0.333 e. The first-order chi connectivity index (χ1) is 6.74. The molecular formula is C11H19F2NO. The van der Waals surface area contributed by atoms with Gasteiger partial charge in [-0.2, -0.15) is 0 Å². The number of carbonyl (C=O) groups is 1. The maximum Gasteiger partial charge on any atom is 0.267 e. The fourth-order valence-corrected chi connectivity index (χ4v) is 2.02. The van der Waals surface area contributed by atoms with Crippen molar-refractivity contribution in [2.75, 3.05) is 6.54 Å². The number of hydrogen-bond acceptors (Lipinski definition) is 1. The van der Waals surface area contributed by atoms with E-state index in [0.717, 1.165) is 0 Å². The van der Waals surface area contributed by atoms with Crippen LogP contribution in [0.2, 0.25) is 0 Å². The summed E-state index contributed by atoms with van der Waals surface area (Å²) < 4.78 is 26.5. The van der Waals surface area contributed by atoms with Crippen LogP contribution >= 0.6 is 0 Å². The number of amides is 1. The number of rotatable bonds is 2. The highest BCUT2D eigenvalue weighted by molar-refractivity contribution is 5.79. The zero-order chi connectivity index (χ0) is 11.8. The molecule has 1 rings (SSSR count). The van der Waals surface area contributed by atoms with Crippen LogP contribution in [0, 0.1) is 11.8 Å². The molecule has 1 aliphatic rings. The third-order valence-electron chi connectivity index (χ3n) is 2.86. The lowest BCUT2D eigenvalue weighted by molar-refractivity contribution is -0.137. The molecule has 1 aliphatic heterocycles. The van der Waals surface area contributed by atoms with Gasteiger partial charge in [0.15, 0.2) is 0 Å². The molecule has 4 heteroatoms. The molecule has 0 bridgehead atoms. The number of nitrogens with zero attached hydrogens (tertiary/aromatic N) is 1. The molecular weight excluding hydrogens is 200 g/mol. The summed E-state index contributed by atoms with van der Waals surface area (Å²) in [6.07, 6.45) is -0.191. The van der Waals surface area contributed by atoms with Gasteiger partial charge < -0.3 is 4.90 Å². The van der Waals surface area contributed by atoms with Crippen LogP contribution in [0.15, 0.2) is 0 Å². The molecule has 15 heavy (non-hydrogen) atoms. The normalized spacial score (nSPS) is 25.3. The Hall–Kier alpha value is -0.670. The number of alkyl halides is 2. The second-order valence-corrected chi connectivity index (χ2v) is 4.99. The minimum atomic E-state index is -2.71. The van der Waals surface area contributed by atoms with E-state index in [1.54, 1.807) is 13.8 Å². The molecule has 0 unspecified atom stereocenters. The fraction of sp³-hybridized carbons (Fsp3) is 0.909. The Morgan fingerprint density at radius 3 is 2.27 bits per heavy atom. The third kappa shape index (κ3) is 2.67. The van der Waals surface area contributed by atoms with Gasteiger partial charge in [0, 0.05) is 18.4 Å². The molecule has 0 radical (unpaired) electrons. The van der Waals surface area contributed by atoms with Gasteiger partial charge in [-0.25, -0.2) is 8.78 Å². The summed E-state index contributed by atoms with van der Waals surface area (Å²) in [6, 6.07) is -0.310. The van der Waals surface area contributed by atoms with Crippen molar-refractivity contribution in [3.05, 3.63) is 0 Å².